The van der Waals surface area contributed by atoms with E-state index in [1.807, 2.05) is 0 Å². The fourth-order valence-corrected chi connectivity index (χ4v) is 1.38. The zero-order valence-corrected chi connectivity index (χ0v) is 9.05. The first kappa shape index (κ1) is 12.4. The Bertz CT molecular complexity index is 464. The van der Waals surface area contributed by atoms with Crippen LogP contribution in [0.4, 0.5) is 14.6 Å². The van der Waals surface area contributed by atoms with E-state index in [0.29, 0.717) is 17.9 Å². The van der Waals surface area contributed by atoms with Crippen LogP contribution in [0.3, 0.4) is 0 Å². The molecule has 0 unspecified atom stereocenters. The van der Waals surface area contributed by atoms with Crippen LogP contribution in [0.1, 0.15) is 5.56 Å². The Morgan fingerprint density at radius 3 is 2.31 bits per heavy atom. The van der Waals surface area contributed by atoms with E-state index < -0.39 is 11.6 Å². The summed E-state index contributed by atoms with van der Waals surface area (Å²) in [5, 5.41) is 0. The molecule has 3 nitrogen and oxygen atoms in total. The van der Waals surface area contributed by atoms with Gasteiger partial charge < -0.3 is 10.3 Å². The Balaban J connectivity index is 0.00000128. The Morgan fingerprint density at radius 1 is 1.19 bits per heavy atom. The van der Waals surface area contributed by atoms with Crippen molar-refractivity contribution in [2.45, 2.75) is 6.54 Å². The molecule has 0 aliphatic heterocycles. The first-order valence-corrected chi connectivity index (χ1v) is 4.36. The number of hydrogen-bond acceptors (Lipinski definition) is 2. The SMILES string of the molecule is Cl.Nc1cn(Cc2cc(F)cc(F)c2)cn1. The molecule has 2 rings (SSSR count). The van der Waals surface area contributed by atoms with Crippen LogP contribution >= 0.6 is 12.4 Å². The van der Waals surface area contributed by atoms with Crippen LogP contribution in [-0.2, 0) is 6.54 Å². The zero-order chi connectivity index (χ0) is 10.8. The number of halogens is 3. The quantitative estimate of drug-likeness (QED) is 0.882. The van der Waals surface area contributed by atoms with Crippen molar-refractivity contribution in [3.63, 3.8) is 0 Å². The molecular weight excluding hydrogens is 236 g/mol. The van der Waals surface area contributed by atoms with Crippen molar-refractivity contribution in [1.29, 1.82) is 0 Å². The average Bonchev–Trinajstić information content (AvgIpc) is 2.49. The third-order valence-electron chi connectivity index (χ3n) is 1.94. The maximum Gasteiger partial charge on any atom is 0.141 e. The minimum atomic E-state index is -0.585. The van der Waals surface area contributed by atoms with Gasteiger partial charge in [0.25, 0.3) is 0 Å². The molecule has 0 amide bonds. The van der Waals surface area contributed by atoms with E-state index in [-0.39, 0.29) is 12.4 Å². The highest BCUT2D eigenvalue weighted by Crippen LogP contribution is 2.10. The maximum atomic E-state index is 12.8. The van der Waals surface area contributed by atoms with Gasteiger partial charge in [0.05, 0.1) is 6.33 Å². The minimum absolute atomic E-state index is 0. The number of anilines is 1. The number of nitrogens with two attached hydrogens (primary N) is 1. The van der Waals surface area contributed by atoms with E-state index in [4.69, 9.17) is 5.73 Å². The molecule has 0 saturated carbocycles. The van der Waals surface area contributed by atoms with Crippen LogP contribution in [0.15, 0.2) is 30.7 Å². The number of rotatable bonds is 2. The summed E-state index contributed by atoms with van der Waals surface area (Å²) in [5.74, 6) is -0.789. The number of nitrogens with zero attached hydrogens (tertiary/aromatic N) is 2. The number of benzene rings is 1. The second-order valence-corrected chi connectivity index (χ2v) is 3.25. The highest BCUT2D eigenvalue weighted by Gasteiger charge is 2.01. The van der Waals surface area contributed by atoms with E-state index in [1.165, 1.54) is 18.5 Å². The summed E-state index contributed by atoms with van der Waals surface area (Å²) in [7, 11) is 0. The summed E-state index contributed by atoms with van der Waals surface area (Å²) in [5.41, 5.74) is 5.94. The molecule has 0 atom stereocenters. The molecule has 6 heteroatoms. The molecular formula is C10H10ClF2N3. The van der Waals surface area contributed by atoms with Crippen molar-refractivity contribution in [3.05, 3.63) is 47.9 Å². The molecule has 0 spiro atoms. The van der Waals surface area contributed by atoms with Gasteiger partial charge in [-0.25, -0.2) is 13.8 Å². The van der Waals surface area contributed by atoms with Crippen LogP contribution in [0.5, 0.6) is 0 Å². The van der Waals surface area contributed by atoms with Crippen molar-refractivity contribution in [2.75, 3.05) is 5.73 Å². The lowest BCUT2D eigenvalue weighted by molar-refractivity contribution is 0.577. The third-order valence-corrected chi connectivity index (χ3v) is 1.94. The molecule has 0 aliphatic carbocycles. The van der Waals surface area contributed by atoms with Gasteiger partial charge in [-0.1, -0.05) is 0 Å². The summed E-state index contributed by atoms with van der Waals surface area (Å²) >= 11 is 0. The van der Waals surface area contributed by atoms with Gasteiger partial charge in [0.1, 0.15) is 17.5 Å². The minimum Gasteiger partial charge on any atom is -0.382 e. The molecule has 0 saturated heterocycles. The van der Waals surface area contributed by atoms with Gasteiger partial charge in [-0.05, 0) is 17.7 Å². The van der Waals surface area contributed by atoms with Gasteiger partial charge in [-0.3, -0.25) is 0 Å². The summed E-state index contributed by atoms with van der Waals surface area (Å²) in [6.45, 7) is 0.346. The van der Waals surface area contributed by atoms with Gasteiger partial charge in [-0.15, -0.1) is 12.4 Å². The standard InChI is InChI=1S/C10H9F2N3.ClH/c11-8-1-7(2-9(12)3-8)4-15-5-10(13)14-6-15;/h1-3,5-6H,4,13H2;1H. The third kappa shape index (κ3) is 2.93. The lowest BCUT2D eigenvalue weighted by atomic mass is 10.2. The molecule has 1 aromatic heterocycles. The fourth-order valence-electron chi connectivity index (χ4n) is 1.38. The summed E-state index contributed by atoms with van der Waals surface area (Å²) in [6.07, 6.45) is 3.11. The summed E-state index contributed by atoms with van der Waals surface area (Å²) in [6, 6.07) is 3.39. The second-order valence-electron chi connectivity index (χ2n) is 3.25. The van der Waals surface area contributed by atoms with Crippen molar-refractivity contribution < 1.29 is 8.78 Å². The molecule has 86 valence electrons. The van der Waals surface area contributed by atoms with Gasteiger partial charge in [0, 0.05) is 18.8 Å². The molecule has 0 fully saturated rings. The highest BCUT2D eigenvalue weighted by molar-refractivity contribution is 5.85. The second kappa shape index (κ2) is 4.94. The van der Waals surface area contributed by atoms with Crippen molar-refractivity contribution in [3.8, 4) is 0 Å². The van der Waals surface area contributed by atoms with E-state index in [1.54, 1.807) is 10.8 Å². The van der Waals surface area contributed by atoms with Gasteiger partial charge in [-0.2, -0.15) is 0 Å². The molecule has 2 aromatic rings. The lowest BCUT2D eigenvalue weighted by Crippen LogP contribution is -1.98. The topological polar surface area (TPSA) is 43.8 Å². The van der Waals surface area contributed by atoms with Gasteiger partial charge >= 0.3 is 0 Å². The monoisotopic (exact) mass is 245 g/mol. The van der Waals surface area contributed by atoms with Crippen LogP contribution in [-0.4, -0.2) is 9.55 Å². The Kier molecular flexibility index (Phi) is 3.84. The van der Waals surface area contributed by atoms with E-state index in [2.05, 4.69) is 4.98 Å². The normalized spacial score (nSPS) is 9.88. The summed E-state index contributed by atoms with van der Waals surface area (Å²) in [4.78, 5) is 3.81. The summed E-state index contributed by atoms with van der Waals surface area (Å²) < 4.78 is 27.3. The smallest absolute Gasteiger partial charge is 0.141 e. The average molecular weight is 246 g/mol. The van der Waals surface area contributed by atoms with E-state index >= 15 is 0 Å². The van der Waals surface area contributed by atoms with Gasteiger partial charge in [0.15, 0.2) is 0 Å². The largest absolute Gasteiger partial charge is 0.382 e. The van der Waals surface area contributed by atoms with Gasteiger partial charge in [0.2, 0.25) is 0 Å². The first-order chi connectivity index (χ1) is 7.13. The van der Waals surface area contributed by atoms with Crippen LogP contribution in [0, 0.1) is 11.6 Å². The molecule has 16 heavy (non-hydrogen) atoms. The van der Waals surface area contributed by atoms with Crippen LogP contribution < -0.4 is 5.73 Å². The fraction of sp³-hybridized carbons (Fsp3) is 0.100. The Hall–Kier alpha value is -1.62. The van der Waals surface area contributed by atoms with Crippen molar-refractivity contribution in [1.82, 2.24) is 9.55 Å². The predicted molar refractivity (Wildman–Crippen MR) is 59.3 cm³/mol. The van der Waals surface area contributed by atoms with Crippen LogP contribution in [0.2, 0.25) is 0 Å². The molecule has 0 radical (unpaired) electrons. The number of nitrogen functional groups attached to an aromatic ring is 1. The predicted octanol–water partition coefficient (Wildman–Crippen LogP) is 2.21. The van der Waals surface area contributed by atoms with Crippen molar-refractivity contribution in [2.24, 2.45) is 0 Å². The Labute approximate surface area is 97.3 Å². The molecule has 0 bridgehead atoms. The Morgan fingerprint density at radius 2 is 1.81 bits per heavy atom. The number of imidazole rings is 1. The molecule has 2 N–H and O–H groups in total. The van der Waals surface area contributed by atoms with E-state index in [0.717, 1.165) is 6.07 Å². The van der Waals surface area contributed by atoms with Crippen molar-refractivity contribution >= 4 is 18.2 Å². The van der Waals surface area contributed by atoms with E-state index in [9.17, 15) is 8.78 Å². The highest BCUT2D eigenvalue weighted by atomic mass is 35.5. The van der Waals surface area contributed by atoms with Crippen LogP contribution in [0.25, 0.3) is 0 Å². The zero-order valence-electron chi connectivity index (χ0n) is 8.23. The maximum absolute atomic E-state index is 12.8. The molecule has 0 aliphatic rings. The first-order valence-electron chi connectivity index (χ1n) is 4.36. The number of hydrogen-bond donors (Lipinski definition) is 1. The molecule has 1 aromatic carbocycles. The number of aromatic nitrogens is 2. The lowest BCUT2D eigenvalue weighted by Gasteiger charge is -2.02. The molecule has 1 heterocycles.